The van der Waals surface area contributed by atoms with Gasteiger partial charge in [-0.2, -0.15) is 0 Å². The summed E-state index contributed by atoms with van der Waals surface area (Å²) in [4.78, 5) is 2.62. The molecule has 0 aromatic heterocycles. The maximum absolute atomic E-state index is 3.57. The maximum Gasteiger partial charge on any atom is 0.0476 e. The highest BCUT2D eigenvalue weighted by atomic mass is 15.3. The quantitative estimate of drug-likeness (QED) is 0.870. The lowest BCUT2D eigenvalue weighted by molar-refractivity contribution is 0.262. The molecule has 1 N–H and O–H groups in total. The highest BCUT2D eigenvalue weighted by Gasteiger charge is 2.42. The minimum Gasteiger partial charge on any atom is -0.359 e. The van der Waals surface area contributed by atoms with E-state index >= 15 is 0 Å². The van der Waals surface area contributed by atoms with E-state index in [1.54, 1.807) is 0 Å². The Kier molecular flexibility index (Phi) is 3.65. The van der Waals surface area contributed by atoms with Gasteiger partial charge >= 0.3 is 0 Å². The van der Waals surface area contributed by atoms with E-state index in [2.05, 4.69) is 76.0 Å². The minimum absolute atomic E-state index is 0.132. The largest absolute Gasteiger partial charge is 0.359 e. The van der Waals surface area contributed by atoms with Crippen molar-refractivity contribution < 1.29 is 0 Å². The van der Waals surface area contributed by atoms with Crippen LogP contribution in [0.1, 0.15) is 53.0 Å². The molecule has 0 unspecified atom stereocenters. The summed E-state index contributed by atoms with van der Waals surface area (Å²) in [6.45, 7) is 15.9. The van der Waals surface area contributed by atoms with Crippen LogP contribution in [0.2, 0.25) is 0 Å². The van der Waals surface area contributed by atoms with Crippen LogP contribution in [0.4, 0.5) is 5.69 Å². The summed E-state index contributed by atoms with van der Waals surface area (Å²) in [6.07, 6.45) is 0. The highest BCUT2D eigenvalue weighted by molar-refractivity contribution is 5.59. The SMILES string of the molecule is CC(C)c1ccccc1N1C(C)(C)CNCC1(C)C. The summed E-state index contributed by atoms with van der Waals surface area (Å²) in [5.41, 5.74) is 3.11. The normalized spacial score (nSPS) is 21.7. The molecule has 1 saturated heterocycles. The molecule has 0 atom stereocenters. The fourth-order valence-electron chi connectivity index (χ4n) is 3.48. The van der Waals surface area contributed by atoms with Gasteiger partial charge in [0.1, 0.15) is 0 Å². The van der Waals surface area contributed by atoms with Gasteiger partial charge in [0.15, 0.2) is 0 Å². The molecular weight excluding hydrogens is 232 g/mol. The number of benzene rings is 1. The summed E-state index contributed by atoms with van der Waals surface area (Å²) in [6, 6.07) is 8.87. The van der Waals surface area contributed by atoms with Crippen LogP contribution in [0.3, 0.4) is 0 Å². The molecule has 2 nitrogen and oxygen atoms in total. The minimum atomic E-state index is 0.132. The lowest BCUT2D eigenvalue weighted by Gasteiger charge is -2.55. The van der Waals surface area contributed by atoms with Crippen LogP contribution >= 0.6 is 0 Å². The predicted molar refractivity (Wildman–Crippen MR) is 84.0 cm³/mol. The number of anilines is 1. The van der Waals surface area contributed by atoms with Gasteiger partial charge in [0.2, 0.25) is 0 Å². The van der Waals surface area contributed by atoms with Gasteiger partial charge in [-0.1, -0.05) is 32.0 Å². The van der Waals surface area contributed by atoms with Crippen LogP contribution in [0.25, 0.3) is 0 Å². The van der Waals surface area contributed by atoms with Crippen LogP contribution in [0.15, 0.2) is 24.3 Å². The molecule has 1 aliphatic rings. The molecule has 1 aliphatic heterocycles. The average molecular weight is 260 g/mol. The van der Waals surface area contributed by atoms with Gasteiger partial charge in [-0.15, -0.1) is 0 Å². The van der Waals surface area contributed by atoms with Gasteiger partial charge in [0, 0.05) is 29.9 Å². The maximum atomic E-state index is 3.57. The molecule has 0 aliphatic carbocycles. The van der Waals surface area contributed by atoms with Crippen molar-refractivity contribution in [1.29, 1.82) is 0 Å². The smallest absolute Gasteiger partial charge is 0.0476 e. The van der Waals surface area contributed by atoms with Crippen LogP contribution in [0, 0.1) is 0 Å². The van der Waals surface area contributed by atoms with Crippen molar-refractivity contribution in [3.8, 4) is 0 Å². The predicted octanol–water partition coefficient (Wildman–Crippen LogP) is 3.78. The van der Waals surface area contributed by atoms with Crippen molar-refractivity contribution >= 4 is 5.69 Å². The second-order valence-corrected chi connectivity index (χ2v) is 7.28. The first-order valence-electron chi connectivity index (χ1n) is 7.36. The zero-order chi connectivity index (χ0) is 14.3. The van der Waals surface area contributed by atoms with Gasteiger partial charge in [-0.25, -0.2) is 0 Å². The fourth-order valence-corrected chi connectivity index (χ4v) is 3.48. The fraction of sp³-hybridized carbons (Fsp3) is 0.647. The van der Waals surface area contributed by atoms with E-state index in [9.17, 15) is 0 Å². The second kappa shape index (κ2) is 4.82. The molecule has 0 spiro atoms. The molecule has 1 aromatic carbocycles. The van der Waals surface area contributed by atoms with Crippen molar-refractivity contribution in [2.45, 2.75) is 58.5 Å². The zero-order valence-electron chi connectivity index (χ0n) is 13.2. The van der Waals surface area contributed by atoms with Crippen molar-refractivity contribution in [3.05, 3.63) is 29.8 Å². The van der Waals surface area contributed by atoms with Crippen LogP contribution in [-0.4, -0.2) is 24.2 Å². The first kappa shape index (κ1) is 14.4. The van der Waals surface area contributed by atoms with Gasteiger partial charge in [-0.05, 0) is 45.2 Å². The summed E-state index contributed by atoms with van der Waals surface area (Å²) >= 11 is 0. The lowest BCUT2D eigenvalue weighted by atomic mass is 9.86. The Hall–Kier alpha value is -1.02. The molecule has 2 rings (SSSR count). The Labute approximate surface area is 118 Å². The van der Waals surface area contributed by atoms with E-state index in [1.807, 2.05) is 0 Å². The number of rotatable bonds is 2. The first-order valence-corrected chi connectivity index (χ1v) is 7.36. The third-order valence-electron chi connectivity index (χ3n) is 4.13. The molecule has 0 amide bonds. The molecule has 19 heavy (non-hydrogen) atoms. The topological polar surface area (TPSA) is 15.3 Å². The second-order valence-electron chi connectivity index (χ2n) is 7.28. The Morgan fingerprint density at radius 1 is 1.00 bits per heavy atom. The number of hydrogen-bond acceptors (Lipinski definition) is 2. The molecule has 106 valence electrons. The highest BCUT2D eigenvalue weighted by Crippen LogP contribution is 2.38. The summed E-state index contributed by atoms with van der Waals surface area (Å²) in [7, 11) is 0. The van der Waals surface area contributed by atoms with E-state index in [0.29, 0.717) is 5.92 Å². The molecule has 0 saturated carbocycles. The Balaban J connectivity index is 2.54. The molecular formula is C17H28N2. The Morgan fingerprint density at radius 2 is 1.53 bits per heavy atom. The van der Waals surface area contributed by atoms with Gasteiger partial charge in [-0.3, -0.25) is 0 Å². The zero-order valence-corrected chi connectivity index (χ0v) is 13.2. The third kappa shape index (κ3) is 2.64. The van der Waals surface area contributed by atoms with E-state index in [4.69, 9.17) is 0 Å². The number of para-hydroxylation sites is 1. The number of nitrogens with zero attached hydrogens (tertiary/aromatic N) is 1. The average Bonchev–Trinajstić information content (AvgIpc) is 2.26. The molecule has 0 bridgehead atoms. The summed E-state index contributed by atoms with van der Waals surface area (Å²) in [5.74, 6) is 0.553. The molecule has 1 aromatic rings. The van der Waals surface area contributed by atoms with Crippen molar-refractivity contribution in [1.82, 2.24) is 5.32 Å². The number of hydrogen-bond donors (Lipinski definition) is 1. The van der Waals surface area contributed by atoms with Gasteiger partial charge in [0.05, 0.1) is 0 Å². The standard InChI is InChI=1S/C17H28N2/c1-13(2)14-9-7-8-10-15(14)19-16(3,4)11-18-12-17(19,5)6/h7-10,13,18H,11-12H2,1-6H3. The molecule has 0 radical (unpaired) electrons. The first-order chi connectivity index (χ1) is 8.76. The van der Waals surface area contributed by atoms with E-state index in [0.717, 1.165) is 13.1 Å². The van der Waals surface area contributed by atoms with Crippen LogP contribution < -0.4 is 10.2 Å². The Bertz CT molecular complexity index is 430. The third-order valence-corrected chi connectivity index (χ3v) is 4.13. The van der Waals surface area contributed by atoms with Crippen molar-refractivity contribution in [2.24, 2.45) is 0 Å². The van der Waals surface area contributed by atoms with Crippen molar-refractivity contribution in [2.75, 3.05) is 18.0 Å². The summed E-state index contributed by atoms with van der Waals surface area (Å²) in [5, 5.41) is 3.57. The monoisotopic (exact) mass is 260 g/mol. The lowest BCUT2D eigenvalue weighted by Crippen LogP contribution is -2.68. The van der Waals surface area contributed by atoms with Crippen molar-refractivity contribution in [3.63, 3.8) is 0 Å². The Morgan fingerprint density at radius 3 is 2.05 bits per heavy atom. The number of nitrogens with one attached hydrogen (secondary N) is 1. The van der Waals surface area contributed by atoms with E-state index in [1.165, 1.54) is 11.3 Å². The number of piperazine rings is 1. The molecule has 1 fully saturated rings. The van der Waals surface area contributed by atoms with E-state index in [-0.39, 0.29) is 11.1 Å². The molecule has 1 heterocycles. The van der Waals surface area contributed by atoms with Gasteiger partial charge < -0.3 is 10.2 Å². The summed E-state index contributed by atoms with van der Waals surface area (Å²) < 4.78 is 0. The van der Waals surface area contributed by atoms with Crippen LogP contribution in [0.5, 0.6) is 0 Å². The van der Waals surface area contributed by atoms with Crippen LogP contribution in [-0.2, 0) is 0 Å². The van der Waals surface area contributed by atoms with E-state index < -0.39 is 0 Å². The van der Waals surface area contributed by atoms with Gasteiger partial charge in [0.25, 0.3) is 0 Å². The molecule has 2 heteroatoms.